The fourth-order valence-corrected chi connectivity index (χ4v) is 5.09. The number of halogens is 1. The number of nitrogens with one attached hydrogen (secondary N) is 1. The topological polar surface area (TPSA) is 98.2 Å². The van der Waals surface area contributed by atoms with Crippen molar-refractivity contribution in [2.45, 2.75) is 64.9 Å². The van der Waals surface area contributed by atoms with Gasteiger partial charge in [0.1, 0.15) is 11.6 Å². The van der Waals surface area contributed by atoms with Crippen molar-refractivity contribution in [3.05, 3.63) is 81.7 Å². The monoisotopic (exact) mass is 520 g/mol. The van der Waals surface area contributed by atoms with Gasteiger partial charge in [0.25, 0.3) is 5.56 Å². The third kappa shape index (κ3) is 5.92. The van der Waals surface area contributed by atoms with Gasteiger partial charge in [-0.1, -0.05) is 19.1 Å². The van der Waals surface area contributed by atoms with Crippen molar-refractivity contribution in [3.63, 3.8) is 0 Å². The van der Waals surface area contributed by atoms with Crippen molar-refractivity contribution in [1.82, 2.24) is 30.1 Å². The van der Waals surface area contributed by atoms with Crippen LogP contribution in [0.1, 0.15) is 56.1 Å². The summed E-state index contributed by atoms with van der Waals surface area (Å²) in [6.45, 7) is 6.76. The third-order valence-electron chi connectivity index (χ3n) is 6.96. The molecule has 4 aromatic rings. The fourth-order valence-electron chi connectivity index (χ4n) is 5.09. The van der Waals surface area contributed by atoms with Crippen LogP contribution in [-0.4, -0.2) is 49.4 Å². The highest BCUT2D eigenvalue weighted by Crippen LogP contribution is 2.28. The van der Waals surface area contributed by atoms with Crippen LogP contribution in [0.25, 0.3) is 10.9 Å². The fraction of sp³-hybridized carbons (Fsp3) is 0.429. The van der Waals surface area contributed by atoms with Gasteiger partial charge in [0.15, 0.2) is 5.82 Å². The van der Waals surface area contributed by atoms with E-state index in [1.165, 1.54) is 12.1 Å². The Hall–Kier alpha value is -3.63. The van der Waals surface area contributed by atoms with E-state index in [-0.39, 0.29) is 23.5 Å². The quantitative estimate of drug-likeness (QED) is 0.313. The van der Waals surface area contributed by atoms with E-state index in [4.69, 9.17) is 9.47 Å². The number of pyridine rings is 1. The Balaban J connectivity index is 1.49. The molecule has 1 N–H and O–H groups in total. The van der Waals surface area contributed by atoms with Gasteiger partial charge in [-0.15, -0.1) is 5.10 Å². The molecule has 9 nitrogen and oxygen atoms in total. The van der Waals surface area contributed by atoms with E-state index in [2.05, 4.69) is 32.3 Å². The minimum atomic E-state index is -0.288. The summed E-state index contributed by atoms with van der Waals surface area (Å²) < 4.78 is 26.9. The Morgan fingerprint density at radius 2 is 2.03 bits per heavy atom. The molecular formula is C28H33FN6O3. The van der Waals surface area contributed by atoms with Gasteiger partial charge in [-0.25, -0.2) is 9.07 Å². The standard InChI is InChI=1S/C28H33FN6O3/c1-3-26(27-31-32-33-35(27)18-24-6-5-13-38-24)34(16-19-7-9-22(29)10-8-19)17-21-14-20-15-23(37-4-2)11-12-25(20)30-28(21)36/h7-12,14-15,24,26H,3-6,13,16-18H2,1-2H3,(H,30,36)/t24-,26+/m0/s1. The molecule has 1 saturated heterocycles. The lowest BCUT2D eigenvalue weighted by atomic mass is 10.1. The number of fused-ring (bicyclic) bond motifs is 1. The molecule has 1 aliphatic rings. The van der Waals surface area contributed by atoms with Crippen molar-refractivity contribution in [2.75, 3.05) is 13.2 Å². The first-order valence-corrected chi connectivity index (χ1v) is 13.2. The molecule has 2 aromatic heterocycles. The summed E-state index contributed by atoms with van der Waals surface area (Å²) in [5, 5.41) is 13.5. The molecule has 1 fully saturated rings. The first-order valence-electron chi connectivity index (χ1n) is 13.2. The second-order valence-corrected chi connectivity index (χ2v) is 9.62. The summed E-state index contributed by atoms with van der Waals surface area (Å²) in [7, 11) is 0. The molecule has 10 heteroatoms. The second kappa shape index (κ2) is 11.8. The maximum Gasteiger partial charge on any atom is 0.252 e. The Morgan fingerprint density at radius 1 is 1.18 bits per heavy atom. The van der Waals surface area contributed by atoms with Gasteiger partial charge in [-0.05, 0) is 78.6 Å². The molecule has 2 aromatic carbocycles. The number of tetrazole rings is 1. The predicted octanol–water partition coefficient (Wildman–Crippen LogP) is 4.38. The van der Waals surface area contributed by atoms with Crippen LogP contribution >= 0.6 is 0 Å². The van der Waals surface area contributed by atoms with Gasteiger partial charge in [0, 0.05) is 36.2 Å². The summed E-state index contributed by atoms with van der Waals surface area (Å²) in [5.74, 6) is 1.19. The number of benzene rings is 2. The normalized spacial score (nSPS) is 16.4. The second-order valence-electron chi connectivity index (χ2n) is 9.62. The largest absolute Gasteiger partial charge is 0.494 e. The first kappa shape index (κ1) is 26.0. The molecule has 2 atom stereocenters. The SMILES string of the molecule is CCOc1ccc2[nH]c(=O)c(CN(Cc3ccc(F)cc3)[C@H](CC)c3nnnn3C[C@@H]3CCCO3)cc2c1. The third-order valence-corrected chi connectivity index (χ3v) is 6.96. The van der Waals surface area contributed by atoms with E-state index in [0.29, 0.717) is 38.2 Å². The Morgan fingerprint density at radius 3 is 2.76 bits per heavy atom. The van der Waals surface area contributed by atoms with Crippen molar-refractivity contribution < 1.29 is 13.9 Å². The number of ether oxygens (including phenoxy) is 2. The summed E-state index contributed by atoms with van der Waals surface area (Å²) in [6.07, 6.45) is 2.81. The summed E-state index contributed by atoms with van der Waals surface area (Å²) >= 11 is 0. The van der Waals surface area contributed by atoms with Crippen LogP contribution in [0.5, 0.6) is 5.75 Å². The van der Waals surface area contributed by atoms with Crippen LogP contribution in [0.4, 0.5) is 4.39 Å². The van der Waals surface area contributed by atoms with E-state index >= 15 is 0 Å². The Bertz CT molecular complexity index is 1410. The molecule has 0 amide bonds. The Kier molecular flexibility index (Phi) is 8.09. The summed E-state index contributed by atoms with van der Waals surface area (Å²) in [5.41, 5.74) is 2.14. The minimum Gasteiger partial charge on any atom is -0.494 e. The predicted molar refractivity (Wildman–Crippen MR) is 141 cm³/mol. The molecule has 0 unspecified atom stereocenters. The zero-order valence-corrected chi connectivity index (χ0v) is 21.8. The van der Waals surface area contributed by atoms with Crippen molar-refractivity contribution in [1.29, 1.82) is 0 Å². The number of aromatic nitrogens is 5. The number of aromatic amines is 1. The highest BCUT2D eigenvalue weighted by atomic mass is 19.1. The molecule has 5 rings (SSSR count). The zero-order chi connectivity index (χ0) is 26.5. The molecule has 0 aliphatic carbocycles. The van der Waals surface area contributed by atoms with Crippen molar-refractivity contribution in [2.24, 2.45) is 0 Å². The minimum absolute atomic E-state index is 0.0863. The van der Waals surface area contributed by atoms with Crippen LogP contribution in [0.2, 0.25) is 0 Å². The van der Waals surface area contributed by atoms with Gasteiger partial charge in [0.2, 0.25) is 0 Å². The van der Waals surface area contributed by atoms with E-state index in [1.807, 2.05) is 35.9 Å². The summed E-state index contributed by atoms with van der Waals surface area (Å²) in [4.78, 5) is 18.3. The van der Waals surface area contributed by atoms with E-state index in [1.54, 1.807) is 12.1 Å². The number of hydrogen-bond acceptors (Lipinski definition) is 7. The number of H-pyrrole nitrogens is 1. The van der Waals surface area contributed by atoms with E-state index in [0.717, 1.165) is 47.5 Å². The highest BCUT2D eigenvalue weighted by molar-refractivity contribution is 5.80. The number of nitrogens with zero attached hydrogens (tertiary/aromatic N) is 5. The van der Waals surface area contributed by atoms with Crippen LogP contribution < -0.4 is 10.3 Å². The van der Waals surface area contributed by atoms with Gasteiger partial charge in [0.05, 0.1) is 25.3 Å². The van der Waals surface area contributed by atoms with E-state index in [9.17, 15) is 9.18 Å². The average Bonchev–Trinajstić information content (AvgIpc) is 3.59. The molecule has 1 aliphatic heterocycles. The highest BCUT2D eigenvalue weighted by Gasteiger charge is 2.28. The molecule has 0 saturated carbocycles. The number of hydrogen-bond donors (Lipinski definition) is 1. The van der Waals surface area contributed by atoms with Crippen molar-refractivity contribution in [3.8, 4) is 5.75 Å². The molecular weight excluding hydrogens is 487 g/mol. The average molecular weight is 521 g/mol. The van der Waals surface area contributed by atoms with Crippen molar-refractivity contribution >= 4 is 10.9 Å². The summed E-state index contributed by atoms with van der Waals surface area (Å²) in [6, 6.07) is 13.8. The lowest BCUT2D eigenvalue weighted by molar-refractivity contribution is 0.0888. The zero-order valence-electron chi connectivity index (χ0n) is 21.8. The number of rotatable bonds is 11. The molecule has 3 heterocycles. The smallest absolute Gasteiger partial charge is 0.252 e. The van der Waals surface area contributed by atoms with Crippen LogP contribution in [0.15, 0.2) is 53.3 Å². The van der Waals surface area contributed by atoms with Crippen LogP contribution in [0, 0.1) is 5.82 Å². The van der Waals surface area contributed by atoms with Gasteiger partial charge < -0.3 is 14.5 Å². The molecule has 200 valence electrons. The lowest BCUT2D eigenvalue weighted by Crippen LogP contribution is -2.33. The van der Waals surface area contributed by atoms with E-state index < -0.39 is 0 Å². The first-order chi connectivity index (χ1) is 18.5. The Labute approximate surface area is 220 Å². The van der Waals surface area contributed by atoms with Gasteiger partial charge >= 0.3 is 0 Å². The molecule has 0 bridgehead atoms. The molecule has 0 radical (unpaired) electrons. The molecule has 0 spiro atoms. The lowest BCUT2D eigenvalue weighted by Gasteiger charge is -2.30. The van der Waals surface area contributed by atoms with Crippen LogP contribution in [0.3, 0.4) is 0 Å². The van der Waals surface area contributed by atoms with Crippen LogP contribution in [-0.2, 0) is 24.4 Å². The molecule has 38 heavy (non-hydrogen) atoms. The van der Waals surface area contributed by atoms with Gasteiger partial charge in [-0.2, -0.15) is 0 Å². The maximum absolute atomic E-state index is 13.6. The van der Waals surface area contributed by atoms with Gasteiger partial charge in [-0.3, -0.25) is 9.69 Å². The maximum atomic E-state index is 13.6.